The molecule has 1 heterocycles. The molecular formula is C17H36N2. The topological polar surface area (TPSA) is 29.3 Å². The molecule has 2 heteroatoms. The highest BCUT2D eigenvalue weighted by Gasteiger charge is 2.37. The lowest BCUT2D eigenvalue weighted by Gasteiger charge is -2.48. The number of rotatable bonds is 3. The maximum atomic E-state index is 6.41. The molecule has 1 fully saturated rings. The Kier molecular flexibility index (Phi) is 5.48. The molecule has 0 saturated carbocycles. The summed E-state index contributed by atoms with van der Waals surface area (Å²) in [5.74, 6) is 0.863. The molecule has 19 heavy (non-hydrogen) atoms. The van der Waals surface area contributed by atoms with Gasteiger partial charge in [0.25, 0.3) is 0 Å². The number of hydrogen-bond donors (Lipinski definition) is 1. The van der Waals surface area contributed by atoms with Crippen LogP contribution in [-0.2, 0) is 0 Å². The summed E-state index contributed by atoms with van der Waals surface area (Å²) >= 11 is 0. The average Bonchev–Trinajstić information content (AvgIpc) is 2.26. The van der Waals surface area contributed by atoms with Crippen molar-refractivity contribution in [1.82, 2.24) is 4.90 Å². The van der Waals surface area contributed by atoms with Gasteiger partial charge < -0.3 is 5.73 Å². The summed E-state index contributed by atoms with van der Waals surface area (Å²) in [5.41, 5.74) is 7.14. The maximum absolute atomic E-state index is 6.41. The molecule has 1 aliphatic rings. The molecule has 0 radical (unpaired) electrons. The molecule has 0 aromatic rings. The minimum Gasteiger partial charge on any atom is -0.326 e. The number of piperidine rings is 1. The summed E-state index contributed by atoms with van der Waals surface area (Å²) in [6, 6.07) is 0.810. The second-order valence-electron chi connectivity index (χ2n) is 8.56. The van der Waals surface area contributed by atoms with E-state index in [0.29, 0.717) is 17.5 Å². The minimum absolute atomic E-state index is 0.268. The van der Waals surface area contributed by atoms with Gasteiger partial charge in [-0.25, -0.2) is 0 Å². The third kappa shape index (κ3) is 4.46. The molecule has 2 atom stereocenters. The molecule has 114 valence electrons. The van der Waals surface area contributed by atoms with E-state index in [1.165, 1.54) is 25.9 Å². The van der Waals surface area contributed by atoms with E-state index >= 15 is 0 Å². The number of hydrogen-bond acceptors (Lipinski definition) is 2. The van der Waals surface area contributed by atoms with Crippen LogP contribution in [0.4, 0.5) is 0 Å². The van der Waals surface area contributed by atoms with Crippen molar-refractivity contribution in [3.63, 3.8) is 0 Å². The van der Waals surface area contributed by atoms with Gasteiger partial charge in [-0.3, -0.25) is 4.90 Å². The molecule has 1 saturated heterocycles. The largest absolute Gasteiger partial charge is 0.326 e. The molecule has 2 N–H and O–H groups in total. The van der Waals surface area contributed by atoms with E-state index < -0.39 is 0 Å². The first kappa shape index (κ1) is 17.0. The van der Waals surface area contributed by atoms with Crippen molar-refractivity contribution < 1.29 is 0 Å². The Balaban J connectivity index is 2.70. The fraction of sp³-hybridized carbons (Fsp3) is 1.00. The quantitative estimate of drug-likeness (QED) is 0.841. The highest BCUT2D eigenvalue weighted by atomic mass is 15.2. The van der Waals surface area contributed by atoms with Gasteiger partial charge >= 0.3 is 0 Å². The van der Waals surface area contributed by atoms with Crippen LogP contribution in [0.25, 0.3) is 0 Å². The van der Waals surface area contributed by atoms with Crippen LogP contribution in [0.3, 0.4) is 0 Å². The van der Waals surface area contributed by atoms with Crippen molar-refractivity contribution in [2.45, 2.75) is 79.8 Å². The van der Waals surface area contributed by atoms with Crippen LogP contribution in [0.1, 0.15) is 67.7 Å². The van der Waals surface area contributed by atoms with E-state index in [2.05, 4.69) is 53.4 Å². The average molecular weight is 268 g/mol. The van der Waals surface area contributed by atoms with Crippen LogP contribution >= 0.6 is 0 Å². The minimum atomic E-state index is 0.268. The van der Waals surface area contributed by atoms with Crippen molar-refractivity contribution in [3.05, 3.63) is 0 Å². The Morgan fingerprint density at radius 1 is 1.05 bits per heavy atom. The first-order chi connectivity index (χ1) is 8.57. The summed E-state index contributed by atoms with van der Waals surface area (Å²) in [5, 5.41) is 0. The second-order valence-corrected chi connectivity index (χ2v) is 8.56. The molecule has 1 rings (SSSR count). The normalized spacial score (nSPS) is 23.4. The van der Waals surface area contributed by atoms with E-state index in [1.807, 2.05) is 0 Å². The predicted octanol–water partition coefficient (Wildman–Crippen LogP) is 3.90. The number of nitrogens with two attached hydrogens (primary N) is 1. The fourth-order valence-corrected chi connectivity index (χ4v) is 3.73. The Labute approximate surface area is 121 Å². The van der Waals surface area contributed by atoms with E-state index in [-0.39, 0.29) is 5.41 Å². The lowest BCUT2D eigenvalue weighted by molar-refractivity contribution is 0.0256. The standard InChI is InChI=1S/C17H36N2/c1-8-14(18)15(17(5,6)7)19-11-9-13(10-12-19)16(2,3)4/h13-15H,8-12,18H2,1-7H3. The zero-order chi connectivity index (χ0) is 14.8. The van der Waals surface area contributed by atoms with Crippen molar-refractivity contribution in [1.29, 1.82) is 0 Å². The van der Waals surface area contributed by atoms with Gasteiger partial charge in [0, 0.05) is 12.1 Å². The van der Waals surface area contributed by atoms with Gasteiger partial charge in [0.1, 0.15) is 0 Å². The van der Waals surface area contributed by atoms with E-state index in [0.717, 1.165) is 12.3 Å². The molecule has 0 spiro atoms. The fourth-order valence-electron chi connectivity index (χ4n) is 3.73. The van der Waals surface area contributed by atoms with Crippen molar-refractivity contribution in [3.8, 4) is 0 Å². The highest BCUT2D eigenvalue weighted by molar-refractivity contribution is 4.93. The van der Waals surface area contributed by atoms with E-state index in [1.54, 1.807) is 0 Å². The highest BCUT2D eigenvalue weighted by Crippen LogP contribution is 2.37. The van der Waals surface area contributed by atoms with Crippen molar-refractivity contribution in [2.75, 3.05) is 13.1 Å². The molecule has 0 aromatic heterocycles. The predicted molar refractivity (Wildman–Crippen MR) is 85.3 cm³/mol. The Morgan fingerprint density at radius 3 is 1.84 bits per heavy atom. The molecule has 0 aliphatic carbocycles. The second kappa shape index (κ2) is 6.13. The smallest absolute Gasteiger partial charge is 0.0295 e. The van der Waals surface area contributed by atoms with Gasteiger partial charge in [0.15, 0.2) is 0 Å². The molecular weight excluding hydrogens is 232 g/mol. The van der Waals surface area contributed by atoms with Crippen LogP contribution in [-0.4, -0.2) is 30.1 Å². The zero-order valence-corrected chi connectivity index (χ0v) is 14.3. The summed E-state index contributed by atoms with van der Waals surface area (Å²) in [6.45, 7) is 18.8. The maximum Gasteiger partial charge on any atom is 0.0295 e. The Bertz CT molecular complexity index is 264. The first-order valence-corrected chi connectivity index (χ1v) is 8.07. The van der Waals surface area contributed by atoms with Crippen LogP contribution in [0, 0.1) is 16.7 Å². The monoisotopic (exact) mass is 268 g/mol. The first-order valence-electron chi connectivity index (χ1n) is 8.07. The SMILES string of the molecule is CCC(N)C(N1CCC(C(C)(C)C)CC1)C(C)(C)C. The van der Waals surface area contributed by atoms with Gasteiger partial charge in [-0.05, 0) is 49.1 Å². The van der Waals surface area contributed by atoms with Crippen LogP contribution < -0.4 is 5.73 Å². The zero-order valence-electron chi connectivity index (χ0n) is 14.3. The summed E-state index contributed by atoms with van der Waals surface area (Å²) in [6.07, 6.45) is 3.72. The van der Waals surface area contributed by atoms with Gasteiger partial charge in [-0.15, -0.1) is 0 Å². The Morgan fingerprint density at radius 2 is 1.53 bits per heavy atom. The van der Waals surface area contributed by atoms with Crippen molar-refractivity contribution in [2.24, 2.45) is 22.5 Å². The molecule has 0 aromatic carbocycles. The van der Waals surface area contributed by atoms with Gasteiger partial charge in [0.05, 0.1) is 0 Å². The van der Waals surface area contributed by atoms with Gasteiger partial charge in [-0.2, -0.15) is 0 Å². The van der Waals surface area contributed by atoms with Crippen molar-refractivity contribution >= 4 is 0 Å². The van der Waals surface area contributed by atoms with Gasteiger partial charge in [0.2, 0.25) is 0 Å². The number of likely N-dealkylation sites (tertiary alicyclic amines) is 1. The molecule has 0 bridgehead atoms. The van der Waals surface area contributed by atoms with Crippen LogP contribution in [0.5, 0.6) is 0 Å². The third-order valence-corrected chi connectivity index (χ3v) is 4.91. The van der Waals surface area contributed by atoms with E-state index in [4.69, 9.17) is 5.73 Å². The summed E-state index contributed by atoms with van der Waals surface area (Å²) < 4.78 is 0. The third-order valence-electron chi connectivity index (χ3n) is 4.91. The summed E-state index contributed by atoms with van der Waals surface area (Å²) in [4.78, 5) is 2.66. The lowest BCUT2D eigenvalue weighted by Crippen LogP contribution is -2.57. The Hall–Kier alpha value is -0.0800. The van der Waals surface area contributed by atoms with Gasteiger partial charge in [-0.1, -0.05) is 48.5 Å². The van der Waals surface area contributed by atoms with Crippen LogP contribution in [0.2, 0.25) is 0 Å². The number of nitrogens with zero attached hydrogens (tertiary/aromatic N) is 1. The lowest BCUT2D eigenvalue weighted by atomic mass is 9.73. The van der Waals surface area contributed by atoms with Crippen LogP contribution in [0.15, 0.2) is 0 Å². The molecule has 2 unspecified atom stereocenters. The molecule has 2 nitrogen and oxygen atoms in total. The molecule has 1 aliphatic heterocycles. The van der Waals surface area contributed by atoms with E-state index in [9.17, 15) is 0 Å². The summed E-state index contributed by atoms with van der Waals surface area (Å²) in [7, 11) is 0. The molecule has 0 amide bonds.